The van der Waals surface area contributed by atoms with Crippen LogP contribution in [-0.4, -0.2) is 44.7 Å². The molecule has 0 unspecified atom stereocenters. The maximum atomic E-state index is 12.7. The summed E-state index contributed by atoms with van der Waals surface area (Å²) in [5.41, 5.74) is 3.28. The van der Waals surface area contributed by atoms with Crippen LogP contribution >= 0.6 is 0 Å². The average Bonchev–Trinajstić information content (AvgIpc) is 3.31. The van der Waals surface area contributed by atoms with Crippen molar-refractivity contribution in [2.45, 2.75) is 19.4 Å². The fourth-order valence-electron chi connectivity index (χ4n) is 3.60. The van der Waals surface area contributed by atoms with Gasteiger partial charge in [-0.05, 0) is 48.2 Å². The predicted octanol–water partition coefficient (Wildman–Crippen LogP) is 4.53. The van der Waals surface area contributed by atoms with Crippen molar-refractivity contribution >= 4 is 17.7 Å². The number of ether oxygens (including phenoxy) is 2. The highest BCUT2D eigenvalue weighted by Gasteiger charge is 2.17. The van der Waals surface area contributed by atoms with Gasteiger partial charge in [-0.1, -0.05) is 36.9 Å². The van der Waals surface area contributed by atoms with Crippen LogP contribution < -0.4 is 14.4 Å². The standard InChI is InChI=1S/C25H30N2O3/c1-4-17-30-23-13-11-20(18-24(23)29-3)12-14-25(28)26(2)19-21-9-5-6-10-22(21)27-15-7-8-16-27/h4-6,9-14,18H,1,7-8,15-17,19H2,2-3H3/b14-12+. The predicted molar refractivity (Wildman–Crippen MR) is 122 cm³/mol. The van der Waals surface area contributed by atoms with Crippen LogP contribution in [0.5, 0.6) is 11.5 Å². The van der Waals surface area contributed by atoms with E-state index in [4.69, 9.17) is 9.47 Å². The van der Waals surface area contributed by atoms with Crippen LogP contribution in [0.1, 0.15) is 24.0 Å². The number of para-hydroxylation sites is 1. The van der Waals surface area contributed by atoms with Crippen LogP contribution in [0.3, 0.4) is 0 Å². The van der Waals surface area contributed by atoms with E-state index in [1.165, 1.54) is 24.1 Å². The molecule has 1 saturated heterocycles. The lowest BCUT2D eigenvalue weighted by atomic mass is 10.1. The maximum absolute atomic E-state index is 12.7. The second-order valence-electron chi connectivity index (χ2n) is 7.36. The van der Waals surface area contributed by atoms with E-state index in [1.807, 2.05) is 31.3 Å². The number of amides is 1. The average molecular weight is 407 g/mol. The summed E-state index contributed by atoms with van der Waals surface area (Å²) >= 11 is 0. The molecule has 0 saturated carbocycles. The summed E-state index contributed by atoms with van der Waals surface area (Å²) in [6, 6.07) is 13.9. The van der Waals surface area contributed by atoms with E-state index in [-0.39, 0.29) is 5.91 Å². The van der Waals surface area contributed by atoms with E-state index in [1.54, 1.807) is 30.2 Å². The van der Waals surface area contributed by atoms with Crippen LogP contribution in [0.4, 0.5) is 5.69 Å². The van der Waals surface area contributed by atoms with Gasteiger partial charge in [0.15, 0.2) is 11.5 Å². The molecule has 0 bridgehead atoms. The van der Waals surface area contributed by atoms with Gasteiger partial charge in [-0.25, -0.2) is 0 Å². The second-order valence-corrected chi connectivity index (χ2v) is 7.36. The zero-order chi connectivity index (χ0) is 21.3. The Labute approximate surface area is 179 Å². The van der Waals surface area contributed by atoms with Gasteiger partial charge in [0.25, 0.3) is 0 Å². The molecule has 5 heteroatoms. The molecule has 2 aromatic rings. The number of anilines is 1. The van der Waals surface area contributed by atoms with Crippen molar-refractivity contribution < 1.29 is 14.3 Å². The Kier molecular flexibility index (Phi) is 7.55. The minimum absolute atomic E-state index is 0.0443. The zero-order valence-electron chi connectivity index (χ0n) is 17.8. The Balaban J connectivity index is 1.66. The molecule has 1 heterocycles. The van der Waals surface area contributed by atoms with Crippen molar-refractivity contribution in [1.82, 2.24) is 4.90 Å². The van der Waals surface area contributed by atoms with E-state index in [2.05, 4.69) is 29.7 Å². The Hall–Kier alpha value is -3.21. The molecule has 1 fully saturated rings. The van der Waals surface area contributed by atoms with E-state index in [9.17, 15) is 4.79 Å². The number of likely N-dealkylation sites (N-methyl/N-ethyl adjacent to an activating group) is 1. The molecule has 1 aliphatic heterocycles. The SMILES string of the molecule is C=CCOc1ccc(/C=C/C(=O)N(C)Cc2ccccc2N2CCCC2)cc1OC. The number of hydrogen-bond donors (Lipinski definition) is 0. The van der Waals surface area contributed by atoms with Crippen molar-refractivity contribution in [2.75, 3.05) is 38.8 Å². The first-order valence-corrected chi connectivity index (χ1v) is 10.3. The Morgan fingerprint density at radius 1 is 1.17 bits per heavy atom. The Bertz CT molecular complexity index is 901. The molecule has 1 aliphatic rings. The van der Waals surface area contributed by atoms with E-state index in [0.29, 0.717) is 24.7 Å². The third-order valence-electron chi connectivity index (χ3n) is 5.18. The number of nitrogens with zero attached hydrogens (tertiary/aromatic N) is 2. The van der Waals surface area contributed by atoms with Gasteiger partial charge in [0, 0.05) is 38.4 Å². The summed E-state index contributed by atoms with van der Waals surface area (Å²) in [7, 11) is 3.43. The van der Waals surface area contributed by atoms with Crippen molar-refractivity contribution in [3.63, 3.8) is 0 Å². The monoisotopic (exact) mass is 406 g/mol. The molecule has 0 radical (unpaired) electrons. The number of benzene rings is 2. The molecule has 3 rings (SSSR count). The molecular weight excluding hydrogens is 376 g/mol. The quantitative estimate of drug-likeness (QED) is 0.453. The lowest BCUT2D eigenvalue weighted by molar-refractivity contribution is -0.125. The van der Waals surface area contributed by atoms with Crippen LogP contribution in [-0.2, 0) is 11.3 Å². The van der Waals surface area contributed by atoms with Gasteiger partial charge < -0.3 is 19.3 Å². The second kappa shape index (κ2) is 10.5. The Morgan fingerprint density at radius 3 is 2.67 bits per heavy atom. The number of carbonyl (C=O) groups is 1. The lowest BCUT2D eigenvalue weighted by Crippen LogP contribution is -2.26. The van der Waals surface area contributed by atoms with Crippen LogP contribution in [0, 0.1) is 0 Å². The Morgan fingerprint density at radius 2 is 1.93 bits per heavy atom. The van der Waals surface area contributed by atoms with Crippen LogP contribution in [0.25, 0.3) is 6.08 Å². The van der Waals surface area contributed by atoms with Crippen molar-refractivity contribution in [2.24, 2.45) is 0 Å². The minimum atomic E-state index is -0.0443. The topological polar surface area (TPSA) is 42.0 Å². The van der Waals surface area contributed by atoms with Gasteiger partial charge in [0.1, 0.15) is 6.61 Å². The molecule has 0 aliphatic carbocycles. The minimum Gasteiger partial charge on any atom is -0.493 e. The highest BCUT2D eigenvalue weighted by Crippen LogP contribution is 2.29. The molecule has 2 aromatic carbocycles. The fourth-order valence-corrected chi connectivity index (χ4v) is 3.60. The lowest BCUT2D eigenvalue weighted by Gasteiger charge is -2.24. The molecular formula is C25H30N2O3. The van der Waals surface area contributed by atoms with Gasteiger partial charge in [0.2, 0.25) is 5.91 Å². The van der Waals surface area contributed by atoms with Gasteiger partial charge in [-0.2, -0.15) is 0 Å². The van der Waals surface area contributed by atoms with Gasteiger partial charge in [0.05, 0.1) is 7.11 Å². The number of carbonyl (C=O) groups excluding carboxylic acids is 1. The van der Waals surface area contributed by atoms with E-state index >= 15 is 0 Å². The summed E-state index contributed by atoms with van der Waals surface area (Å²) in [6.45, 7) is 6.81. The van der Waals surface area contributed by atoms with Gasteiger partial charge >= 0.3 is 0 Å². The zero-order valence-corrected chi connectivity index (χ0v) is 17.8. The van der Waals surface area contributed by atoms with Crippen molar-refractivity contribution in [3.05, 3.63) is 72.3 Å². The van der Waals surface area contributed by atoms with Gasteiger partial charge in [-0.3, -0.25) is 4.79 Å². The summed E-state index contributed by atoms with van der Waals surface area (Å²) in [5, 5.41) is 0. The normalized spacial score (nSPS) is 13.5. The first-order valence-electron chi connectivity index (χ1n) is 10.3. The first-order chi connectivity index (χ1) is 14.6. The summed E-state index contributed by atoms with van der Waals surface area (Å²) in [5.74, 6) is 1.23. The fraction of sp³-hybridized carbons (Fsp3) is 0.320. The summed E-state index contributed by atoms with van der Waals surface area (Å²) in [4.78, 5) is 16.8. The molecule has 0 N–H and O–H groups in total. The van der Waals surface area contributed by atoms with E-state index in [0.717, 1.165) is 18.7 Å². The van der Waals surface area contributed by atoms with Crippen molar-refractivity contribution in [1.29, 1.82) is 0 Å². The van der Waals surface area contributed by atoms with Crippen LogP contribution in [0.2, 0.25) is 0 Å². The van der Waals surface area contributed by atoms with E-state index < -0.39 is 0 Å². The molecule has 0 spiro atoms. The smallest absolute Gasteiger partial charge is 0.246 e. The highest BCUT2D eigenvalue weighted by atomic mass is 16.5. The maximum Gasteiger partial charge on any atom is 0.246 e. The molecule has 30 heavy (non-hydrogen) atoms. The molecule has 1 amide bonds. The third kappa shape index (κ3) is 5.44. The number of hydrogen-bond acceptors (Lipinski definition) is 4. The third-order valence-corrected chi connectivity index (χ3v) is 5.18. The highest BCUT2D eigenvalue weighted by molar-refractivity contribution is 5.91. The molecule has 0 aromatic heterocycles. The van der Waals surface area contributed by atoms with Gasteiger partial charge in [-0.15, -0.1) is 0 Å². The number of methoxy groups -OCH3 is 1. The molecule has 158 valence electrons. The summed E-state index contributed by atoms with van der Waals surface area (Å²) < 4.78 is 11.0. The largest absolute Gasteiger partial charge is 0.493 e. The summed E-state index contributed by atoms with van der Waals surface area (Å²) in [6.07, 6.45) is 7.53. The molecule has 5 nitrogen and oxygen atoms in total. The molecule has 0 atom stereocenters. The first kappa shape index (κ1) is 21.5. The van der Waals surface area contributed by atoms with Crippen molar-refractivity contribution in [3.8, 4) is 11.5 Å². The van der Waals surface area contributed by atoms with Crippen LogP contribution in [0.15, 0.2) is 61.2 Å². The number of rotatable bonds is 9.